The number of hydrogen-bond donors (Lipinski definition) is 0. The highest BCUT2D eigenvalue weighted by atomic mass is 16.4. The first-order chi connectivity index (χ1) is 10.6. The Morgan fingerprint density at radius 3 is 2.45 bits per heavy atom. The van der Waals surface area contributed by atoms with Crippen LogP contribution >= 0.6 is 0 Å². The molecule has 0 aliphatic carbocycles. The van der Waals surface area contributed by atoms with Gasteiger partial charge in [0.05, 0.1) is 6.54 Å². The largest absolute Gasteiger partial charge is 0.424 e. The van der Waals surface area contributed by atoms with Gasteiger partial charge in [0.15, 0.2) is 0 Å². The van der Waals surface area contributed by atoms with E-state index in [1.165, 1.54) is 0 Å². The molecule has 0 atom stereocenters. The van der Waals surface area contributed by atoms with E-state index in [-0.39, 0.29) is 0 Å². The Balaban J connectivity index is 1.53. The van der Waals surface area contributed by atoms with Crippen molar-refractivity contribution in [1.29, 1.82) is 0 Å². The topological polar surface area (TPSA) is 71.2 Å². The van der Waals surface area contributed by atoms with Crippen LogP contribution in [0.2, 0.25) is 0 Å². The fourth-order valence-corrected chi connectivity index (χ4v) is 2.79. The van der Waals surface area contributed by atoms with Gasteiger partial charge in [-0.1, -0.05) is 0 Å². The molecular formula is C15H22N6O. The summed E-state index contributed by atoms with van der Waals surface area (Å²) in [7, 11) is 2.08. The first kappa shape index (κ1) is 14.9. The lowest BCUT2D eigenvalue weighted by molar-refractivity contribution is 0.185. The van der Waals surface area contributed by atoms with Crippen LogP contribution < -0.4 is 4.90 Å². The lowest BCUT2D eigenvalue weighted by atomic mass is 10.0. The number of hydrogen-bond acceptors (Lipinski definition) is 7. The van der Waals surface area contributed by atoms with Crippen molar-refractivity contribution in [3.63, 3.8) is 0 Å². The summed E-state index contributed by atoms with van der Waals surface area (Å²) < 4.78 is 5.45. The average Bonchev–Trinajstić information content (AvgIpc) is 2.93. The van der Waals surface area contributed by atoms with Gasteiger partial charge in [0.1, 0.15) is 0 Å². The monoisotopic (exact) mass is 302 g/mol. The molecule has 1 aliphatic rings. The maximum absolute atomic E-state index is 5.45. The third kappa shape index (κ3) is 3.41. The number of nitrogens with zero attached hydrogens (tertiary/aromatic N) is 6. The number of piperidine rings is 1. The fraction of sp³-hybridized carbons (Fsp3) is 0.600. The Kier molecular flexibility index (Phi) is 4.33. The first-order valence-electron chi connectivity index (χ1n) is 7.64. The lowest BCUT2D eigenvalue weighted by Crippen LogP contribution is -2.43. The van der Waals surface area contributed by atoms with Crippen LogP contribution in [0.1, 0.15) is 30.2 Å². The molecule has 1 saturated heterocycles. The molecule has 1 aliphatic heterocycles. The van der Waals surface area contributed by atoms with Crippen molar-refractivity contribution in [1.82, 2.24) is 25.1 Å². The SMILES string of the molecule is Cc1cnc(N(C)C2CCN(Cc3nnc(C)o3)CC2)nc1. The zero-order valence-corrected chi connectivity index (χ0v) is 13.4. The van der Waals surface area contributed by atoms with Crippen molar-refractivity contribution in [3.05, 3.63) is 29.7 Å². The molecule has 7 heteroatoms. The standard InChI is InChI=1S/C15H22N6O/c1-11-8-16-15(17-9-11)20(3)13-4-6-21(7-5-13)10-14-19-18-12(2)22-14/h8-9,13H,4-7,10H2,1-3H3. The summed E-state index contributed by atoms with van der Waals surface area (Å²) in [5.74, 6) is 2.13. The molecule has 1 fully saturated rings. The van der Waals surface area contributed by atoms with E-state index in [2.05, 4.69) is 37.0 Å². The Labute approximate surface area is 130 Å². The molecule has 0 radical (unpaired) electrons. The maximum Gasteiger partial charge on any atom is 0.230 e. The zero-order chi connectivity index (χ0) is 15.5. The Hall–Kier alpha value is -2.02. The molecule has 0 N–H and O–H groups in total. The minimum atomic E-state index is 0.475. The Bertz CT molecular complexity index is 603. The van der Waals surface area contributed by atoms with Gasteiger partial charge in [0, 0.05) is 45.5 Å². The summed E-state index contributed by atoms with van der Waals surface area (Å²) in [6, 6.07) is 0.475. The number of aryl methyl sites for hydroxylation is 2. The van der Waals surface area contributed by atoms with Crippen molar-refractivity contribution in [2.75, 3.05) is 25.0 Å². The molecular weight excluding hydrogens is 280 g/mol. The second-order valence-electron chi connectivity index (χ2n) is 5.89. The predicted molar refractivity (Wildman–Crippen MR) is 82.5 cm³/mol. The fourth-order valence-electron chi connectivity index (χ4n) is 2.79. The van der Waals surface area contributed by atoms with Gasteiger partial charge >= 0.3 is 0 Å². The molecule has 0 amide bonds. The number of anilines is 1. The highest BCUT2D eigenvalue weighted by Gasteiger charge is 2.24. The predicted octanol–water partition coefficient (Wildman–Crippen LogP) is 1.58. The molecule has 0 spiro atoms. The molecule has 0 aromatic carbocycles. The lowest BCUT2D eigenvalue weighted by Gasteiger charge is -2.36. The first-order valence-corrected chi connectivity index (χ1v) is 7.64. The highest BCUT2D eigenvalue weighted by molar-refractivity contribution is 5.30. The van der Waals surface area contributed by atoms with Crippen molar-refractivity contribution in [2.24, 2.45) is 0 Å². The normalized spacial score (nSPS) is 16.9. The zero-order valence-electron chi connectivity index (χ0n) is 13.4. The van der Waals surface area contributed by atoms with Gasteiger partial charge in [-0.15, -0.1) is 10.2 Å². The molecule has 0 unspecified atom stereocenters. The summed E-state index contributed by atoms with van der Waals surface area (Å²) in [5, 5.41) is 7.94. The summed E-state index contributed by atoms with van der Waals surface area (Å²) in [6.07, 6.45) is 5.90. The molecule has 2 aromatic rings. The molecule has 22 heavy (non-hydrogen) atoms. The highest BCUT2D eigenvalue weighted by Crippen LogP contribution is 2.20. The van der Waals surface area contributed by atoms with Crippen molar-refractivity contribution < 1.29 is 4.42 Å². The van der Waals surface area contributed by atoms with Gasteiger partial charge < -0.3 is 9.32 Å². The van der Waals surface area contributed by atoms with E-state index in [9.17, 15) is 0 Å². The number of aromatic nitrogens is 4. The van der Waals surface area contributed by atoms with Crippen molar-refractivity contribution >= 4 is 5.95 Å². The summed E-state index contributed by atoms with van der Waals surface area (Å²) >= 11 is 0. The Morgan fingerprint density at radius 1 is 1.18 bits per heavy atom. The van der Waals surface area contributed by atoms with Crippen LogP contribution in [0, 0.1) is 13.8 Å². The van der Waals surface area contributed by atoms with Crippen molar-refractivity contribution in [3.8, 4) is 0 Å². The van der Waals surface area contributed by atoms with E-state index in [4.69, 9.17) is 4.42 Å². The van der Waals surface area contributed by atoms with Gasteiger partial charge in [0.2, 0.25) is 17.7 Å². The van der Waals surface area contributed by atoms with Crippen LogP contribution in [0.4, 0.5) is 5.95 Å². The minimum Gasteiger partial charge on any atom is -0.424 e. The van der Waals surface area contributed by atoms with E-state index >= 15 is 0 Å². The van der Waals surface area contributed by atoms with Gasteiger partial charge in [-0.25, -0.2) is 9.97 Å². The van der Waals surface area contributed by atoms with Crippen LogP contribution in [0.5, 0.6) is 0 Å². The van der Waals surface area contributed by atoms with Gasteiger partial charge in [-0.3, -0.25) is 4.90 Å². The van der Waals surface area contributed by atoms with Crippen molar-refractivity contribution in [2.45, 2.75) is 39.3 Å². The molecule has 3 rings (SSSR count). The van der Waals surface area contributed by atoms with E-state index in [0.29, 0.717) is 17.8 Å². The molecule has 0 bridgehead atoms. The van der Waals surface area contributed by atoms with Gasteiger partial charge in [0.25, 0.3) is 0 Å². The average molecular weight is 302 g/mol. The Morgan fingerprint density at radius 2 is 1.86 bits per heavy atom. The minimum absolute atomic E-state index is 0.475. The molecule has 2 aromatic heterocycles. The molecule has 118 valence electrons. The number of rotatable bonds is 4. The molecule has 0 saturated carbocycles. The number of likely N-dealkylation sites (tertiary alicyclic amines) is 1. The van der Waals surface area contributed by atoms with Gasteiger partial charge in [-0.05, 0) is 25.3 Å². The third-order valence-corrected chi connectivity index (χ3v) is 4.11. The summed E-state index contributed by atoms with van der Waals surface area (Å²) in [5.41, 5.74) is 1.09. The maximum atomic E-state index is 5.45. The van der Waals surface area contributed by atoms with E-state index < -0.39 is 0 Å². The second-order valence-corrected chi connectivity index (χ2v) is 5.89. The van der Waals surface area contributed by atoms with Crippen LogP contribution in [0.3, 0.4) is 0 Å². The summed E-state index contributed by atoms with van der Waals surface area (Å²) in [6.45, 7) is 6.59. The van der Waals surface area contributed by atoms with E-state index in [1.807, 2.05) is 26.2 Å². The third-order valence-electron chi connectivity index (χ3n) is 4.11. The van der Waals surface area contributed by atoms with Crippen LogP contribution in [-0.2, 0) is 6.54 Å². The molecule has 7 nitrogen and oxygen atoms in total. The van der Waals surface area contributed by atoms with Gasteiger partial charge in [-0.2, -0.15) is 0 Å². The van der Waals surface area contributed by atoms with Crippen LogP contribution in [0.25, 0.3) is 0 Å². The van der Waals surface area contributed by atoms with Crippen LogP contribution in [-0.4, -0.2) is 51.2 Å². The van der Waals surface area contributed by atoms with E-state index in [1.54, 1.807) is 0 Å². The molecule has 3 heterocycles. The quantitative estimate of drug-likeness (QED) is 0.849. The summed E-state index contributed by atoms with van der Waals surface area (Å²) in [4.78, 5) is 13.4. The smallest absolute Gasteiger partial charge is 0.230 e. The van der Waals surface area contributed by atoms with E-state index in [0.717, 1.165) is 44.0 Å². The van der Waals surface area contributed by atoms with Crippen LogP contribution in [0.15, 0.2) is 16.8 Å². The second kappa shape index (κ2) is 6.39.